The Bertz CT molecular complexity index is 1600. The third-order valence-corrected chi connectivity index (χ3v) is 7.15. The lowest BCUT2D eigenvalue weighted by Gasteiger charge is -2.18. The van der Waals surface area contributed by atoms with Crippen LogP contribution in [0.5, 0.6) is 0 Å². The molecule has 13 heteroatoms. The number of hydrogen-bond acceptors (Lipinski definition) is 6. The highest BCUT2D eigenvalue weighted by Crippen LogP contribution is 2.43. The monoisotopic (exact) mass is 495 g/mol. The van der Waals surface area contributed by atoms with Crippen molar-refractivity contribution in [2.24, 2.45) is 7.05 Å². The third-order valence-electron chi connectivity index (χ3n) is 5.36. The molecule has 4 rings (SSSR count). The summed E-state index contributed by atoms with van der Waals surface area (Å²) in [5, 5.41) is 9.86. The summed E-state index contributed by atoms with van der Waals surface area (Å²) in [7, 11) is -2.52. The van der Waals surface area contributed by atoms with Gasteiger partial charge in [0, 0.05) is 24.0 Å². The molecule has 0 amide bonds. The Morgan fingerprint density at radius 1 is 1.09 bits per heavy atom. The first-order valence-electron chi connectivity index (χ1n) is 9.66. The third kappa shape index (κ3) is 3.45. The highest BCUT2D eigenvalue weighted by Gasteiger charge is 2.60. The fraction of sp³-hybridized carbons (Fsp3) is 0.238. The Morgan fingerprint density at radius 2 is 1.79 bits per heavy atom. The Hall–Kier alpha value is -3.66. The number of halogens is 5. The zero-order chi connectivity index (χ0) is 25.1. The minimum atomic E-state index is -5.86. The molecule has 34 heavy (non-hydrogen) atoms. The molecule has 7 nitrogen and oxygen atoms in total. The predicted molar refractivity (Wildman–Crippen MR) is 112 cm³/mol. The molecule has 0 aliphatic heterocycles. The standard InChI is InChI=1S/C21H14F5N5O2S/c1-3-34(32,33)18-12-6-4-5-11(8-27)13(12)9-29-17(18)19-30-14-7-16(20(22,23)21(24,25)26)28-10-15(14)31(19)2/h4-7,9-10H,3H2,1-2H3. The average Bonchev–Trinajstić information content (AvgIpc) is 3.12. The summed E-state index contributed by atoms with van der Waals surface area (Å²) in [5.41, 5.74) is -1.64. The maximum absolute atomic E-state index is 13.8. The van der Waals surface area contributed by atoms with Gasteiger partial charge in [0.1, 0.15) is 16.3 Å². The van der Waals surface area contributed by atoms with Crippen molar-refractivity contribution in [3.05, 3.63) is 47.9 Å². The first kappa shape index (κ1) is 23.5. The van der Waals surface area contributed by atoms with Gasteiger partial charge in [-0.25, -0.2) is 13.4 Å². The summed E-state index contributed by atoms with van der Waals surface area (Å²) in [6.07, 6.45) is -3.76. The van der Waals surface area contributed by atoms with E-state index in [1.54, 1.807) is 0 Å². The van der Waals surface area contributed by atoms with Gasteiger partial charge in [0.15, 0.2) is 15.7 Å². The molecule has 1 aromatic carbocycles. The first-order valence-corrected chi connectivity index (χ1v) is 11.3. The lowest BCUT2D eigenvalue weighted by molar-refractivity contribution is -0.290. The molecule has 3 heterocycles. The smallest absolute Gasteiger partial charge is 0.324 e. The largest absolute Gasteiger partial charge is 0.459 e. The van der Waals surface area contributed by atoms with Crippen molar-refractivity contribution in [2.75, 3.05) is 5.75 Å². The maximum Gasteiger partial charge on any atom is 0.459 e. The van der Waals surface area contributed by atoms with Gasteiger partial charge in [0.25, 0.3) is 0 Å². The van der Waals surface area contributed by atoms with Gasteiger partial charge in [0.05, 0.1) is 34.6 Å². The number of imidazole rings is 1. The van der Waals surface area contributed by atoms with Gasteiger partial charge in [-0.05, 0) is 12.1 Å². The van der Waals surface area contributed by atoms with Crippen LogP contribution in [0.1, 0.15) is 18.2 Å². The van der Waals surface area contributed by atoms with E-state index in [0.717, 1.165) is 6.20 Å². The lowest BCUT2D eigenvalue weighted by Crippen LogP contribution is -2.34. The number of benzene rings is 1. The van der Waals surface area contributed by atoms with Gasteiger partial charge >= 0.3 is 12.1 Å². The maximum atomic E-state index is 13.8. The van der Waals surface area contributed by atoms with Crippen molar-refractivity contribution in [1.82, 2.24) is 19.5 Å². The first-order chi connectivity index (χ1) is 15.8. The molecule has 0 unspecified atom stereocenters. The van der Waals surface area contributed by atoms with Crippen LogP contribution in [0.2, 0.25) is 0 Å². The van der Waals surface area contributed by atoms with Crippen LogP contribution in [-0.2, 0) is 22.8 Å². The van der Waals surface area contributed by atoms with Gasteiger partial charge in [0.2, 0.25) is 0 Å². The summed E-state index contributed by atoms with van der Waals surface area (Å²) in [6.45, 7) is 1.41. The normalized spacial score (nSPS) is 12.9. The number of nitriles is 1. The van der Waals surface area contributed by atoms with E-state index in [0.29, 0.717) is 6.07 Å². The van der Waals surface area contributed by atoms with Gasteiger partial charge in [-0.1, -0.05) is 19.1 Å². The molecular formula is C21H14F5N5O2S. The van der Waals surface area contributed by atoms with Crippen molar-refractivity contribution >= 4 is 31.6 Å². The second-order valence-corrected chi connectivity index (χ2v) is 9.56. The molecule has 3 aromatic heterocycles. The van der Waals surface area contributed by atoms with Crippen molar-refractivity contribution in [3.63, 3.8) is 0 Å². The molecule has 0 saturated carbocycles. The second-order valence-electron chi connectivity index (χ2n) is 7.34. The number of alkyl halides is 5. The Balaban J connectivity index is 2.04. The van der Waals surface area contributed by atoms with Crippen LogP contribution in [0.4, 0.5) is 22.0 Å². The Morgan fingerprint density at radius 3 is 2.41 bits per heavy atom. The van der Waals surface area contributed by atoms with Crippen LogP contribution in [0.25, 0.3) is 33.3 Å². The van der Waals surface area contributed by atoms with E-state index in [9.17, 15) is 35.6 Å². The molecule has 0 radical (unpaired) electrons. The number of nitrogens with zero attached hydrogens (tertiary/aromatic N) is 5. The molecule has 0 aliphatic carbocycles. The van der Waals surface area contributed by atoms with Gasteiger partial charge in [-0.3, -0.25) is 9.97 Å². The van der Waals surface area contributed by atoms with E-state index < -0.39 is 27.6 Å². The molecule has 176 valence electrons. The van der Waals surface area contributed by atoms with Crippen LogP contribution >= 0.6 is 0 Å². The summed E-state index contributed by atoms with van der Waals surface area (Å²) in [5.74, 6) is -5.60. The number of aromatic nitrogens is 4. The predicted octanol–water partition coefficient (Wildman–Crippen LogP) is 4.50. The summed E-state index contributed by atoms with van der Waals surface area (Å²) in [4.78, 5) is 11.4. The van der Waals surface area contributed by atoms with Crippen molar-refractivity contribution in [3.8, 4) is 17.6 Å². The highest BCUT2D eigenvalue weighted by atomic mass is 32.2. The highest BCUT2D eigenvalue weighted by molar-refractivity contribution is 7.91. The number of pyridine rings is 2. The molecule has 4 aromatic rings. The van der Waals surface area contributed by atoms with Crippen molar-refractivity contribution in [1.29, 1.82) is 5.26 Å². The van der Waals surface area contributed by atoms with E-state index in [1.165, 1.54) is 42.9 Å². The second kappa shape index (κ2) is 7.69. The van der Waals surface area contributed by atoms with E-state index in [-0.39, 0.29) is 49.5 Å². The Kier molecular flexibility index (Phi) is 5.32. The Labute approximate surface area is 189 Å². The van der Waals surface area contributed by atoms with Crippen LogP contribution in [0.3, 0.4) is 0 Å². The van der Waals surface area contributed by atoms with Crippen LogP contribution < -0.4 is 0 Å². The minimum Gasteiger partial charge on any atom is -0.324 e. The van der Waals surface area contributed by atoms with Gasteiger partial charge in [-0.2, -0.15) is 27.2 Å². The molecule has 0 bridgehead atoms. The SMILES string of the molecule is CCS(=O)(=O)c1c(-c2nc3cc(C(F)(F)C(F)(F)F)ncc3n2C)ncc2c(C#N)cccc12. The lowest BCUT2D eigenvalue weighted by atomic mass is 10.1. The summed E-state index contributed by atoms with van der Waals surface area (Å²) in [6, 6.07) is 6.97. The van der Waals surface area contributed by atoms with Crippen LogP contribution in [0, 0.1) is 11.3 Å². The molecule has 0 saturated heterocycles. The molecule has 0 atom stereocenters. The summed E-state index contributed by atoms with van der Waals surface area (Å²) < 4.78 is 93.3. The minimum absolute atomic E-state index is 0.0828. The summed E-state index contributed by atoms with van der Waals surface area (Å²) >= 11 is 0. The zero-order valence-corrected chi connectivity index (χ0v) is 18.3. The number of rotatable bonds is 4. The van der Waals surface area contributed by atoms with Gasteiger partial charge in [-0.15, -0.1) is 0 Å². The molecule has 0 N–H and O–H groups in total. The topological polar surface area (TPSA) is 102 Å². The quantitative estimate of drug-likeness (QED) is 0.387. The molecule has 0 aliphatic rings. The number of sulfone groups is 1. The molecule has 0 fully saturated rings. The van der Waals surface area contributed by atoms with E-state index in [1.807, 2.05) is 6.07 Å². The zero-order valence-electron chi connectivity index (χ0n) is 17.5. The van der Waals surface area contributed by atoms with Crippen molar-refractivity contribution in [2.45, 2.75) is 23.9 Å². The molecule has 0 spiro atoms. The van der Waals surface area contributed by atoms with E-state index in [4.69, 9.17) is 0 Å². The fourth-order valence-electron chi connectivity index (χ4n) is 3.55. The van der Waals surface area contributed by atoms with Crippen LogP contribution in [0.15, 0.2) is 41.6 Å². The fourth-order valence-corrected chi connectivity index (χ4v) is 4.79. The number of hydrogen-bond donors (Lipinski definition) is 0. The van der Waals surface area contributed by atoms with Crippen LogP contribution in [-0.4, -0.2) is 39.9 Å². The van der Waals surface area contributed by atoms with E-state index in [2.05, 4.69) is 15.0 Å². The average molecular weight is 495 g/mol. The van der Waals surface area contributed by atoms with Crippen molar-refractivity contribution < 1.29 is 30.4 Å². The van der Waals surface area contributed by atoms with Gasteiger partial charge < -0.3 is 4.57 Å². The number of aryl methyl sites for hydroxylation is 1. The molecular weight excluding hydrogens is 481 g/mol. The van der Waals surface area contributed by atoms with E-state index >= 15 is 0 Å². The number of fused-ring (bicyclic) bond motifs is 2.